The van der Waals surface area contributed by atoms with Gasteiger partial charge in [0.15, 0.2) is 5.96 Å². The average Bonchev–Trinajstić information content (AvgIpc) is 2.39. The summed E-state index contributed by atoms with van der Waals surface area (Å²) < 4.78 is 12.8. The Labute approximate surface area is 138 Å². The fourth-order valence-corrected chi connectivity index (χ4v) is 1.73. The topological polar surface area (TPSA) is 36.4 Å². The molecule has 0 saturated carbocycles. The number of guanidine groups is 1. The molecular formula is C15H25FIN3. The minimum absolute atomic E-state index is 0. The summed E-state index contributed by atoms with van der Waals surface area (Å²) in [6.07, 6.45) is 2.34. The van der Waals surface area contributed by atoms with Crippen LogP contribution < -0.4 is 10.6 Å². The van der Waals surface area contributed by atoms with Crippen LogP contribution in [0.25, 0.3) is 0 Å². The molecule has 0 saturated heterocycles. The molecule has 0 aromatic heterocycles. The molecule has 1 aromatic rings. The normalized spacial score (nSPS) is 11.2. The molecule has 3 nitrogen and oxygen atoms in total. The molecule has 1 rings (SSSR count). The zero-order valence-corrected chi connectivity index (χ0v) is 14.8. The molecule has 0 atom stereocenters. The van der Waals surface area contributed by atoms with Crippen LogP contribution in [0.3, 0.4) is 0 Å². The number of nitrogens with zero attached hydrogens (tertiary/aromatic N) is 1. The second-order valence-corrected chi connectivity index (χ2v) is 5.02. The van der Waals surface area contributed by atoms with E-state index >= 15 is 0 Å². The maximum Gasteiger partial charge on any atom is 0.191 e. The Hall–Kier alpha value is -0.850. The zero-order chi connectivity index (χ0) is 14.1. The monoisotopic (exact) mass is 393 g/mol. The zero-order valence-electron chi connectivity index (χ0n) is 12.4. The van der Waals surface area contributed by atoms with Crippen LogP contribution in [-0.2, 0) is 6.54 Å². The SMILES string of the molecule is CN=C(NCCCC(C)C)NCc1ccc(F)cc1.I. The van der Waals surface area contributed by atoms with Crippen molar-refractivity contribution in [1.82, 2.24) is 10.6 Å². The van der Waals surface area contributed by atoms with Gasteiger partial charge in [0.25, 0.3) is 0 Å². The van der Waals surface area contributed by atoms with Crippen molar-refractivity contribution in [3.05, 3.63) is 35.6 Å². The molecular weight excluding hydrogens is 368 g/mol. The first-order valence-corrected chi connectivity index (χ1v) is 6.80. The molecule has 5 heteroatoms. The maximum atomic E-state index is 12.8. The molecule has 0 aliphatic carbocycles. The van der Waals surface area contributed by atoms with Gasteiger partial charge < -0.3 is 10.6 Å². The summed E-state index contributed by atoms with van der Waals surface area (Å²) >= 11 is 0. The summed E-state index contributed by atoms with van der Waals surface area (Å²) in [6.45, 7) is 6.01. The lowest BCUT2D eigenvalue weighted by atomic mass is 10.1. The van der Waals surface area contributed by atoms with Crippen molar-refractivity contribution >= 4 is 29.9 Å². The summed E-state index contributed by atoms with van der Waals surface area (Å²) in [4.78, 5) is 4.16. The Bertz CT molecular complexity index is 391. The van der Waals surface area contributed by atoms with Gasteiger partial charge in [-0.2, -0.15) is 0 Å². The van der Waals surface area contributed by atoms with E-state index in [4.69, 9.17) is 0 Å². The Balaban J connectivity index is 0.00000361. The lowest BCUT2D eigenvalue weighted by Gasteiger charge is -2.12. The summed E-state index contributed by atoms with van der Waals surface area (Å²) in [5, 5.41) is 6.48. The van der Waals surface area contributed by atoms with Crippen molar-refractivity contribution in [2.24, 2.45) is 10.9 Å². The number of nitrogens with one attached hydrogen (secondary N) is 2. The van der Waals surface area contributed by atoms with Crippen molar-refractivity contribution in [2.45, 2.75) is 33.2 Å². The Kier molecular flexibility index (Phi) is 10.4. The van der Waals surface area contributed by atoms with Gasteiger partial charge in [0.05, 0.1) is 0 Å². The molecule has 0 heterocycles. The van der Waals surface area contributed by atoms with E-state index in [2.05, 4.69) is 29.5 Å². The minimum atomic E-state index is -0.208. The first-order chi connectivity index (χ1) is 9.11. The van der Waals surface area contributed by atoms with E-state index in [-0.39, 0.29) is 29.8 Å². The summed E-state index contributed by atoms with van der Waals surface area (Å²) in [7, 11) is 1.75. The van der Waals surface area contributed by atoms with Crippen LogP contribution in [0, 0.1) is 11.7 Å². The molecule has 0 spiro atoms. The number of halogens is 2. The first-order valence-electron chi connectivity index (χ1n) is 6.80. The highest BCUT2D eigenvalue weighted by atomic mass is 127. The first kappa shape index (κ1) is 19.1. The highest BCUT2D eigenvalue weighted by Gasteiger charge is 1.99. The van der Waals surface area contributed by atoms with E-state index in [0.29, 0.717) is 6.54 Å². The molecule has 0 radical (unpaired) electrons. The fourth-order valence-electron chi connectivity index (χ4n) is 1.73. The largest absolute Gasteiger partial charge is 0.356 e. The molecule has 0 amide bonds. The van der Waals surface area contributed by atoms with Gasteiger partial charge >= 0.3 is 0 Å². The third kappa shape index (κ3) is 8.35. The van der Waals surface area contributed by atoms with E-state index in [1.165, 1.54) is 18.6 Å². The molecule has 0 bridgehead atoms. The lowest BCUT2D eigenvalue weighted by Crippen LogP contribution is -2.37. The van der Waals surface area contributed by atoms with Crippen LogP contribution >= 0.6 is 24.0 Å². The van der Waals surface area contributed by atoms with Crippen molar-refractivity contribution in [3.8, 4) is 0 Å². The van der Waals surface area contributed by atoms with Crippen LogP contribution in [0.5, 0.6) is 0 Å². The Morgan fingerprint density at radius 1 is 1.20 bits per heavy atom. The number of hydrogen-bond acceptors (Lipinski definition) is 1. The van der Waals surface area contributed by atoms with E-state index < -0.39 is 0 Å². The maximum absolute atomic E-state index is 12.8. The highest BCUT2D eigenvalue weighted by Crippen LogP contribution is 2.03. The molecule has 114 valence electrons. The van der Waals surface area contributed by atoms with Crippen LogP contribution in [0.1, 0.15) is 32.3 Å². The minimum Gasteiger partial charge on any atom is -0.356 e. The predicted octanol–water partition coefficient (Wildman–Crippen LogP) is 3.54. The van der Waals surface area contributed by atoms with Gasteiger partial charge in [-0.25, -0.2) is 4.39 Å². The van der Waals surface area contributed by atoms with Gasteiger partial charge in [-0.1, -0.05) is 26.0 Å². The van der Waals surface area contributed by atoms with Crippen molar-refractivity contribution in [2.75, 3.05) is 13.6 Å². The van der Waals surface area contributed by atoms with Crippen molar-refractivity contribution < 1.29 is 4.39 Å². The third-order valence-corrected chi connectivity index (χ3v) is 2.85. The Morgan fingerprint density at radius 3 is 2.40 bits per heavy atom. The van der Waals surface area contributed by atoms with Gasteiger partial charge in [0, 0.05) is 20.1 Å². The van der Waals surface area contributed by atoms with Gasteiger partial charge in [0.1, 0.15) is 5.82 Å². The molecule has 0 aliphatic heterocycles. The summed E-state index contributed by atoms with van der Waals surface area (Å²) in [6, 6.07) is 6.48. The van der Waals surface area contributed by atoms with Gasteiger partial charge in [-0.15, -0.1) is 24.0 Å². The second kappa shape index (κ2) is 10.9. The summed E-state index contributed by atoms with van der Waals surface area (Å²) in [5.74, 6) is 1.31. The predicted molar refractivity (Wildman–Crippen MR) is 94.1 cm³/mol. The summed E-state index contributed by atoms with van der Waals surface area (Å²) in [5.41, 5.74) is 1.03. The highest BCUT2D eigenvalue weighted by molar-refractivity contribution is 14.0. The lowest BCUT2D eigenvalue weighted by molar-refractivity contribution is 0.549. The molecule has 0 fully saturated rings. The van der Waals surface area contributed by atoms with Gasteiger partial charge in [-0.05, 0) is 36.5 Å². The van der Waals surface area contributed by atoms with Crippen LogP contribution in [0.2, 0.25) is 0 Å². The number of aliphatic imine (C=N–C) groups is 1. The van der Waals surface area contributed by atoms with Crippen LogP contribution in [-0.4, -0.2) is 19.6 Å². The van der Waals surface area contributed by atoms with E-state index in [9.17, 15) is 4.39 Å². The Morgan fingerprint density at radius 2 is 1.85 bits per heavy atom. The third-order valence-electron chi connectivity index (χ3n) is 2.85. The average molecular weight is 393 g/mol. The smallest absolute Gasteiger partial charge is 0.191 e. The van der Waals surface area contributed by atoms with Crippen LogP contribution in [0.15, 0.2) is 29.3 Å². The fraction of sp³-hybridized carbons (Fsp3) is 0.533. The van der Waals surface area contributed by atoms with Gasteiger partial charge in [-0.3, -0.25) is 4.99 Å². The quantitative estimate of drug-likeness (QED) is 0.336. The van der Waals surface area contributed by atoms with Gasteiger partial charge in [0.2, 0.25) is 0 Å². The number of rotatable bonds is 6. The molecule has 0 unspecified atom stereocenters. The second-order valence-electron chi connectivity index (χ2n) is 5.02. The van der Waals surface area contributed by atoms with Crippen molar-refractivity contribution in [3.63, 3.8) is 0 Å². The molecule has 20 heavy (non-hydrogen) atoms. The number of benzene rings is 1. The van der Waals surface area contributed by atoms with Crippen LogP contribution in [0.4, 0.5) is 4.39 Å². The molecule has 2 N–H and O–H groups in total. The van der Waals surface area contributed by atoms with E-state index in [1.54, 1.807) is 19.2 Å². The number of hydrogen-bond donors (Lipinski definition) is 2. The van der Waals surface area contributed by atoms with Crippen molar-refractivity contribution in [1.29, 1.82) is 0 Å². The molecule has 0 aliphatic rings. The van der Waals surface area contributed by atoms with E-state index in [1.807, 2.05) is 0 Å². The molecule has 1 aromatic carbocycles. The standard InChI is InChI=1S/C15H24FN3.HI/c1-12(2)5-4-10-18-15(17-3)19-11-13-6-8-14(16)9-7-13;/h6-9,12H,4-5,10-11H2,1-3H3,(H2,17,18,19);1H. The van der Waals surface area contributed by atoms with E-state index in [0.717, 1.165) is 30.4 Å².